The second kappa shape index (κ2) is 8.80. The highest BCUT2D eigenvalue weighted by atomic mass is 16.3. The van der Waals surface area contributed by atoms with Crippen molar-refractivity contribution in [2.45, 2.75) is 6.04 Å². The van der Waals surface area contributed by atoms with Gasteiger partial charge in [-0.3, -0.25) is 4.79 Å². The molecule has 1 saturated heterocycles. The minimum absolute atomic E-state index is 0.190. The minimum atomic E-state index is -0.480. The molecule has 1 aromatic carbocycles. The van der Waals surface area contributed by atoms with Crippen LogP contribution < -0.4 is 15.5 Å². The van der Waals surface area contributed by atoms with Gasteiger partial charge in [-0.25, -0.2) is 9.97 Å². The summed E-state index contributed by atoms with van der Waals surface area (Å²) >= 11 is 0. The average molecular weight is 393 g/mol. The van der Waals surface area contributed by atoms with Crippen LogP contribution in [0.5, 0.6) is 0 Å². The highest BCUT2D eigenvalue weighted by Gasteiger charge is 2.18. The molecule has 2 aromatic heterocycles. The fourth-order valence-corrected chi connectivity index (χ4v) is 3.25. The Bertz CT molecular complexity index is 954. The number of aliphatic hydroxyl groups is 1. The second-order valence-corrected chi connectivity index (χ2v) is 6.77. The first kappa shape index (κ1) is 19.0. The highest BCUT2D eigenvalue weighted by Crippen LogP contribution is 2.19. The number of aromatic nitrogens is 4. The molecule has 1 fully saturated rings. The fraction of sp³-hybridized carbons (Fsp3) is 0.300. The van der Waals surface area contributed by atoms with Crippen molar-refractivity contribution in [1.82, 2.24) is 30.6 Å². The van der Waals surface area contributed by atoms with E-state index in [9.17, 15) is 9.90 Å². The van der Waals surface area contributed by atoms with Crippen molar-refractivity contribution >= 4 is 11.9 Å². The molecular weight excluding hydrogens is 370 g/mol. The number of rotatable bonds is 6. The second-order valence-electron chi connectivity index (χ2n) is 6.77. The maximum Gasteiger partial charge on any atom is 0.268 e. The molecule has 1 aliphatic rings. The number of aliphatic hydroxyl groups excluding tert-OH is 1. The fourth-order valence-electron chi connectivity index (χ4n) is 3.25. The number of amides is 1. The van der Waals surface area contributed by atoms with Gasteiger partial charge in [0.05, 0.1) is 12.6 Å². The van der Waals surface area contributed by atoms with E-state index in [1.807, 2.05) is 30.3 Å². The summed E-state index contributed by atoms with van der Waals surface area (Å²) in [6.45, 7) is 3.27. The van der Waals surface area contributed by atoms with E-state index in [0.29, 0.717) is 23.0 Å². The number of carbonyl (C=O) groups excluding carboxylic acids is 1. The van der Waals surface area contributed by atoms with E-state index in [1.165, 1.54) is 6.33 Å². The molecule has 1 aliphatic heterocycles. The minimum Gasteiger partial charge on any atom is -0.394 e. The third-order valence-electron chi connectivity index (χ3n) is 4.83. The Morgan fingerprint density at radius 1 is 1.21 bits per heavy atom. The predicted octanol–water partition coefficient (Wildman–Crippen LogP) is 0.740. The highest BCUT2D eigenvalue weighted by molar-refractivity contribution is 5.94. The monoisotopic (exact) mass is 393 g/mol. The Hall–Kier alpha value is -3.30. The van der Waals surface area contributed by atoms with Crippen LogP contribution in [-0.4, -0.2) is 63.7 Å². The molecule has 0 aliphatic carbocycles. The van der Waals surface area contributed by atoms with Crippen molar-refractivity contribution in [3.05, 3.63) is 60.2 Å². The third kappa shape index (κ3) is 4.41. The van der Waals surface area contributed by atoms with Gasteiger partial charge in [0.1, 0.15) is 12.0 Å². The van der Waals surface area contributed by atoms with Crippen molar-refractivity contribution in [2.75, 3.05) is 37.7 Å². The number of aromatic amines is 1. The zero-order chi connectivity index (χ0) is 20.1. The van der Waals surface area contributed by atoms with Crippen molar-refractivity contribution in [2.24, 2.45) is 0 Å². The number of benzene rings is 1. The van der Waals surface area contributed by atoms with Gasteiger partial charge in [-0.15, -0.1) is 0 Å². The first-order chi connectivity index (χ1) is 14.2. The van der Waals surface area contributed by atoms with E-state index in [1.54, 1.807) is 12.3 Å². The third-order valence-corrected chi connectivity index (χ3v) is 4.83. The molecule has 1 amide bonds. The topological polar surface area (TPSA) is 119 Å². The van der Waals surface area contributed by atoms with Gasteiger partial charge >= 0.3 is 0 Å². The van der Waals surface area contributed by atoms with Gasteiger partial charge in [0.2, 0.25) is 5.95 Å². The lowest BCUT2D eigenvalue weighted by atomic mass is 10.1. The van der Waals surface area contributed by atoms with Crippen LogP contribution in [0.1, 0.15) is 22.1 Å². The molecule has 0 saturated carbocycles. The summed E-state index contributed by atoms with van der Waals surface area (Å²) < 4.78 is 0. The SMILES string of the molecule is O=C(NC(CO)c1ccccc1)c1cc(-c2ncnc(N3CCNCC3)n2)c[nH]1. The Balaban J connectivity index is 1.48. The Morgan fingerprint density at radius 2 is 2.00 bits per heavy atom. The summed E-state index contributed by atoms with van der Waals surface area (Å²) in [6, 6.07) is 10.6. The van der Waals surface area contributed by atoms with Crippen molar-refractivity contribution < 1.29 is 9.90 Å². The Labute approximate surface area is 168 Å². The van der Waals surface area contributed by atoms with Crippen LogP contribution in [0.3, 0.4) is 0 Å². The molecule has 150 valence electrons. The summed E-state index contributed by atoms with van der Waals surface area (Å²) in [5.74, 6) is 0.828. The number of hydrogen-bond acceptors (Lipinski definition) is 7. The first-order valence-corrected chi connectivity index (χ1v) is 9.55. The predicted molar refractivity (Wildman–Crippen MR) is 108 cm³/mol. The molecule has 29 heavy (non-hydrogen) atoms. The van der Waals surface area contributed by atoms with Crippen LogP contribution in [0.2, 0.25) is 0 Å². The summed E-state index contributed by atoms with van der Waals surface area (Å²) in [5, 5.41) is 15.8. The maximum atomic E-state index is 12.6. The molecule has 9 heteroatoms. The molecule has 1 unspecified atom stereocenters. The molecule has 9 nitrogen and oxygen atoms in total. The van der Waals surface area contributed by atoms with E-state index < -0.39 is 6.04 Å². The van der Waals surface area contributed by atoms with E-state index in [-0.39, 0.29) is 12.5 Å². The molecule has 0 spiro atoms. The number of nitrogens with zero attached hydrogens (tertiary/aromatic N) is 4. The largest absolute Gasteiger partial charge is 0.394 e. The quantitative estimate of drug-likeness (QED) is 0.488. The molecule has 4 N–H and O–H groups in total. The standard InChI is InChI=1S/C20H23N7O2/c28-12-17(14-4-2-1-3-5-14)25-19(29)16-10-15(11-22-16)18-23-13-24-20(26-18)27-8-6-21-7-9-27/h1-5,10-11,13,17,21-22,28H,6-9,12H2,(H,25,29). The molecule has 3 heterocycles. The molecule has 1 atom stereocenters. The summed E-state index contributed by atoms with van der Waals surface area (Å²) in [7, 11) is 0. The lowest BCUT2D eigenvalue weighted by Crippen LogP contribution is -2.44. The van der Waals surface area contributed by atoms with Crippen LogP contribution in [0, 0.1) is 0 Å². The number of H-pyrrole nitrogens is 1. The maximum absolute atomic E-state index is 12.6. The summed E-state index contributed by atoms with van der Waals surface area (Å²) in [4.78, 5) is 30.8. The van der Waals surface area contributed by atoms with Gasteiger partial charge in [0.25, 0.3) is 5.91 Å². The van der Waals surface area contributed by atoms with E-state index in [2.05, 4.69) is 35.5 Å². The zero-order valence-electron chi connectivity index (χ0n) is 15.9. The Morgan fingerprint density at radius 3 is 2.76 bits per heavy atom. The van der Waals surface area contributed by atoms with E-state index >= 15 is 0 Å². The molecule has 4 rings (SSSR count). The normalized spacial score (nSPS) is 15.1. The number of carbonyl (C=O) groups is 1. The van der Waals surface area contributed by atoms with E-state index in [4.69, 9.17) is 0 Å². The van der Waals surface area contributed by atoms with Gasteiger partial charge in [-0.05, 0) is 11.6 Å². The van der Waals surface area contributed by atoms with Crippen LogP contribution in [0.15, 0.2) is 48.9 Å². The van der Waals surface area contributed by atoms with Crippen molar-refractivity contribution in [3.63, 3.8) is 0 Å². The number of hydrogen-bond donors (Lipinski definition) is 4. The van der Waals surface area contributed by atoms with Crippen molar-refractivity contribution in [3.8, 4) is 11.4 Å². The van der Waals surface area contributed by atoms with Crippen LogP contribution in [0.25, 0.3) is 11.4 Å². The Kier molecular flexibility index (Phi) is 5.78. The van der Waals surface area contributed by atoms with Crippen LogP contribution in [0.4, 0.5) is 5.95 Å². The lowest BCUT2D eigenvalue weighted by molar-refractivity contribution is 0.0912. The number of anilines is 1. The summed E-state index contributed by atoms with van der Waals surface area (Å²) in [5.41, 5.74) is 1.92. The van der Waals surface area contributed by atoms with Gasteiger partial charge in [-0.1, -0.05) is 30.3 Å². The molecule has 0 radical (unpaired) electrons. The van der Waals surface area contributed by atoms with E-state index in [0.717, 1.165) is 31.7 Å². The lowest BCUT2D eigenvalue weighted by Gasteiger charge is -2.27. The van der Waals surface area contributed by atoms with Crippen LogP contribution >= 0.6 is 0 Å². The molecule has 0 bridgehead atoms. The smallest absolute Gasteiger partial charge is 0.268 e. The van der Waals surface area contributed by atoms with Crippen molar-refractivity contribution in [1.29, 1.82) is 0 Å². The first-order valence-electron chi connectivity index (χ1n) is 9.55. The van der Waals surface area contributed by atoms with Gasteiger partial charge in [0.15, 0.2) is 5.82 Å². The van der Waals surface area contributed by atoms with Gasteiger partial charge < -0.3 is 25.6 Å². The van der Waals surface area contributed by atoms with Gasteiger partial charge in [-0.2, -0.15) is 4.98 Å². The molecule has 3 aromatic rings. The zero-order valence-corrected chi connectivity index (χ0v) is 15.9. The summed E-state index contributed by atoms with van der Waals surface area (Å²) in [6.07, 6.45) is 3.19. The average Bonchev–Trinajstić information content (AvgIpc) is 3.29. The van der Waals surface area contributed by atoms with Gasteiger partial charge in [0, 0.05) is 37.9 Å². The number of piperazine rings is 1. The number of nitrogens with one attached hydrogen (secondary N) is 3. The van der Waals surface area contributed by atoms with Crippen LogP contribution in [-0.2, 0) is 0 Å². The molecular formula is C20H23N7O2.